The second kappa shape index (κ2) is 15.1. The highest BCUT2D eigenvalue weighted by molar-refractivity contribution is 9.09. The number of benzene rings is 2. The summed E-state index contributed by atoms with van der Waals surface area (Å²) in [5.74, 6) is 0.0592. The van der Waals surface area contributed by atoms with Crippen LogP contribution in [0.5, 0.6) is 0 Å². The Morgan fingerprint density at radius 1 is 0.765 bits per heavy atom. The molecule has 0 aromatic heterocycles. The average Bonchev–Trinajstić information content (AvgIpc) is 3.19. The normalized spacial score (nSPS) is 12.4. The minimum Gasteiger partial charge on any atom is -0.448 e. The highest BCUT2D eigenvalue weighted by atomic mass is 79.9. The predicted octanol–water partition coefficient (Wildman–Crippen LogP) is 4.33. The molecule has 8 heteroatoms. The Hall–Kier alpha value is -1.97. The fourth-order valence-electron chi connectivity index (χ4n) is 3.81. The third kappa shape index (κ3) is 8.06. The molecular weight excluding hydrogens is 502 g/mol. The Kier molecular flexibility index (Phi) is 11.8. The molecule has 0 fully saturated rings. The summed E-state index contributed by atoms with van der Waals surface area (Å²) in [5, 5.41) is 0.831. The molecule has 7 nitrogen and oxygen atoms in total. The largest absolute Gasteiger partial charge is 0.448 e. The Morgan fingerprint density at radius 2 is 1.24 bits per heavy atom. The van der Waals surface area contributed by atoms with Crippen molar-refractivity contribution in [3.63, 3.8) is 0 Å². The number of carbonyl (C=O) groups excluding carboxylic acids is 1. The van der Waals surface area contributed by atoms with Crippen molar-refractivity contribution in [2.75, 3.05) is 78.4 Å². The lowest BCUT2D eigenvalue weighted by Crippen LogP contribution is -2.32. The van der Waals surface area contributed by atoms with Crippen LogP contribution in [0.2, 0.25) is 0 Å². The van der Waals surface area contributed by atoms with E-state index in [0.717, 1.165) is 5.33 Å². The summed E-state index contributed by atoms with van der Waals surface area (Å²) in [5.41, 5.74) is 4.84. The summed E-state index contributed by atoms with van der Waals surface area (Å²) >= 11 is 3.30. The second-order valence-electron chi connectivity index (χ2n) is 7.86. The predicted molar refractivity (Wildman–Crippen MR) is 135 cm³/mol. The van der Waals surface area contributed by atoms with E-state index in [1.165, 1.54) is 22.3 Å². The van der Waals surface area contributed by atoms with Crippen LogP contribution in [-0.4, -0.2) is 89.4 Å². The van der Waals surface area contributed by atoms with E-state index in [4.69, 9.17) is 23.7 Å². The zero-order valence-corrected chi connectivity index (χ0v) is 21.3. The average molecular weight is 536 g/mol. The monoisotopic (exact) mass is 535 g/mol. The van der Waals surface area contributed by atoms with Crippen LogP contribution in [0.1, 0.15) is 17.0 Å². The van der Waals surface area contributed by atoms with Crippen LogP contribution >= 0.6 is 15.9 Å². The molecular formula is C26H34BrNO6. The molecule has 0 saturated carbocycles. The van der Waals surface area contributed by atoms with Gasteiger partial charge >= 0.3 is 6.09 Å². The molecule has 1 aliphatic rings. The number of ether oxygens (including phenoxy) is 5. The number of likely N-dealkylation sites (N-methyl/N-ethyl adjacent to an activating group) is 1. The standard InChI is InChI=1S/C26H34BrNO6/c1-28(11-13-31-15-17-33-19-18-32-16-14-30-12-10-27)26(29)34-20-25-23-8-4-2-6-21(23)22-7-3-5-9-24(22)25/h2-9,25H,10-20H2,1H3. The van der Waals surface area contributed by atoms with Gasteiger partial charge in [-0.1, -0.05) is 64.5 Å². The molecule has 0 aliphatic heterocycles. The van der Waals surface area contributed by atoms with Crippen molar-refractivity contribution < 1.29 is 28.5 Å². The zero-order valence-electron chi connectivity index (χ0n) is 19.7. The number of halogens is 1. The lowest BCUT2D eigenvalue weighted by atomic mass is 9.98. The molecule has 0 spiro atoms. The lowest BCUT2D eigenvalue weighted by Gasteiger charge is -2.19. The van der Waals surface area contributed by atoms with Gasteiger partial charge in [0.2, 0.25) is 0 Å². The molecule has 0 saturated heterocycles. The van der Waals surface area contributed by atoms with Crippen LogP contribution in [0.25, 0.3) is 11.1 Å². The molecule has 2 aromatic rings. The topological polar surface area (TPSA) is 66.5 Å². The Bertz CT molecular complexity index is 834. The van der Waals surface area contributed by atoms with Crippen molar-refractivity contribution in [3.05, 3.63) is 59.7 Å². The van der Waals surface area contributed by atoms with Crippen LogP contribution in [0.15, 0.2) is 48.5 Å². The molecule has 1 amide bonds. The molecule has 2 aromatic carbocycles. The number of hydrogen-bond donors (Lipinski definition) is 0. The molecule has 3 rings (SSSR count). The molecule has 0 radical (unpaired) electrons. The molecule has 0 N–H and O–H groups in total. The van der Waals surface area contributed by atoms with Gasteiger partial charge in [0.25, 0.3) is 0 Å². The Morgan fingerprint density at radius 3 is 1.76 bits per heavy atom. The van der Waals surface area contributed by atoms with Gasteiger partial charge in [0.1, 0.15) is 6.61 Å². The first-order chi connectivity index (χ1) is 16.7. The van der Waals surface area contributed by atoms with E-state index in [1.807, 2.05) is 24.3 Å². The van der Waals surface area contributed by atoms with Crippen molar-refractivity contribution >= 4 is 22.0 Å². The van der Waals surface area contributed by atoms with E-state index < -0.39 is 0 Å². The SMILES string of the molecule is CN(CCOCCOCCOCCOCCBr)C(=O)OCC1c2ccccc2-c2ccccc21. The number of nitrogens with zero attached hydrogens (tertiary/aromatic N) is 1. The van der Waals surface area contributed by atoms with Gasteiger partial charge in [-0.2, -0.15) is 0 Å². The summed E-state index contributed by atoms with van der Waals surface area (Å²) in [6.07, 6.45) is -0.348. The van der Waals surface area contributed by atoms with Gasteiger partial charge in [-0.3, -0.25) is 0 Å². The maximum Gasteiger partial charge on any atom is 0.409 e. The Balaban J connectivity index is 1.25. The zero-order chi connectivity index (χ0) is 24.0. The van der Waals surface area contributed by atoms with Gasteiger partial charge in [-0.05, 0) is 22.3 Å². The quantitative estimate of drug-likeness (QED) is 0.235. The lowest BCUT2D eigenvalue weighted by molar-refractivity contribution is -0.00196. The third-order valence-electron chi connectivity index (χ3n) is 5.56. The van der Waals surface area contributed by atoms with Crippen molar-refractivity contribution in [2.45, 2.75) is 5.92 Å². The summed E-state index contributed by atoms with van der Waals surface area (Å²) in [7, 11) is 1.72. The van der Waals surface area contributed by atoms with E-state index >= 15 is 0 Å². The van der Waals surface area contributed by atoms with Crippen molar-refractivity contribution in [2.24, 2.45) is 0 Å². The number of rotatable bonds is 16. The first-order valence-electron chi connectivity index (χ1n) is 11.7. The van der Waals surface area contributed by atoms with Gasteiger partial charge in [0, 0.05) is 24.8 Å². The fourth-order valence-corrected chi connectivity index (χ4v) is 4.04. The third-order valence-corrected chi connectivity index (χ3v) is 5.88. The van der Waals surface area contributed by atoms with Gasteiger partial charge < -0.3 is 28.6 Å². The maximum atomic E-state index is 12.5. The highest BCUT2D eigenvalue weighted by Crippen LogP contribution is 2.44. The van der Waals surface area contributed by atoms with Gasteiger partial charge in [-0.25, -0.2) is 4.79 Å². The van der Waals surface area contributed by atoms with E-state index in [1.54, 1.807) is 11.9 Å². The summed E-state index contributed by atoms with van der Waals surface area (Å²) in [6, 6.07) is 16.6. The van der Waals surface area contributed by atoms with Crippen molar-refractivity contribution in [1.29, 1.82) is 0 Å². The highest BCUT2D eigenvalue weighted by Gasteiger charge is 2.29. The smallest absolute Gasteiger partial charge is 0.409 e. The van der Waals surface area contributed by atoms with Gasteiger partial charge in [0.15, 0.2) is 0 Å². The van der Waals surface area contributed by atoms with Gasteiger partial charge in [-0.15, -0.1) is 0 Å². The number of carbonyl (C=O) groups is 1. The van der Waals surface area contributed by atoms with E-state index in [9.17, 15) is 4.79 Å². The van der Waals surface area contributed by atoms with Crippen LogP contribution < -0.4 is 0 Å². The minimum atomic E-state index is -0.348. The number of alkyl halides is 1. The van der Waals surface area contributed by atoms with Crippen LogP contribution in [0, 0.1) is 0 Å². The number of amides is 1. The van der Waals surface area contributed by atoms with E-state index in [2.05, 4.69) is 40.2 Å². The fraction of sp³-hybridized carbons (Fsp3) is 0.500. The van der Waals surface area contributed by atoms with Crippen molar-refractivity contribution in [3.8, 4) is 11.1 Å². The molecule has 0 atom stereocenters. The molecule has 186 valence electrons. The summed E-state index contributed by atoms with van der Waals surface area (Å²) < 4.78 is 27.4. The maximum absolute atomic E-state index is 12.5. The number of fused-ring (bicyclic) bond motifs is 3. The first-order valence-corrected chi connectivity index (χ1v) is 12.8. The van der Waals surface area contributed by atoms with Crippen LogP contribution in [-0.2, 0) is 23.7 Å². The molecule has 0 heterocycles. The second-order valence-corrected chi connectivity index (χ2v) is 8.66. The molecule has 34 heavy (non-hydrogen) atoms. The summed E-state index contributed by atoms with van der Waals surface area (Å²) in [6.45, 7) is 5.03. The number of hydrogen-bond acceptors (Lipinski definition) is 6. The van der Waals surface area contributed by atoms with Gasteiger partial charge in [0.05, 0.1) is 52.9 Å². The first kappa shape index (κ1) is 26.6. The minimum absolute atomic E-state index is 0.0592. The van der Waals surface area contributed by atoms with E-state index in [-0.39, 0.29) is 12.0 Å². The molecule has 1 aliphatic carbocycles. The Labute approximate surface area is 210 Å². The van der Waals surface area contributed by atoms with E-state index in [0.29, 0.717) is 66.0 Å². The van der Waals surface area contributed by atoms with Crippen LogP contribution in [0.4, 0.5) is 4.79 Å². The molecule has 0 unspecified atom stereocenters. The van der Waals surface area contributed by atoms with Crippen molar-refractivity contribution in [1.82, 2.24) is 4.90 Å². The molecule has 0 bridgehead atoms. The van der Waals surface area contributed by atoms with Crippen LogP contribution in [0.3, 0.4) is 0 Å². The summed E-state index contributed by atoms with van der Waals surface area (Å²) in [4.78, 5) is 14.0.